The van der Waals surface area contributed by atoms with Crippen LogP contribution in [0.25, 0.3) is 0 Å². The van der Waals surface area contributed by atoms with Gasteiger partial charge in [-0.1, -0.05) is 147 Å². The van der Waals surface area contributed by atoms with Crippen LogP contribution in [0.4, 0.5) is 0 Å². The van der Waals surface area contributed by atoms with Gasteiger partial charge in [0.15, 0.2) is 0 Å². The fraction of sp³-hybridized carbons (Fsp3) is 0.533. The first-order valence-electron chi connectivity index (χ1n) is 18.4. The van der Waals surface area contributed by atoms with E-state index < -0.39 is 0 Å². The van der Waals surface area contributed by atoms with Crippen LogP contribution >= 0.6 is 0 Å². The molecular formula is C45H69N3. The molecule has 4 rings (SSSR count). The van der Waals surface area contributed by atoms with Gasteiger partial charge in [0.2, 0.25) is 0 Å². The number of pyridine rings is 3. The van der Waals surface area contributed by atoms with E-state index in [0.29, 0.717) is 47.3 Å². The molecule has 48 heavy (non-hydrogen) atoms. The van der Waals surface area contributed by atoms with Gasteiger partial charge >= 0.3 is 0 Å². The average molecular weight is 652 g/mol. The number of rotatable bonds is 8. The maximum atomic E-state index is 4.57. The third-order valence-electron chi connectivity index (χ3n) is 8.35. The standard InChI is InChI=1S/C12H18.3C11H17N/c1-9(2)11-6-5-7-12(8-11)10(3)4;1-8(2)10-5-6-12-11(7-10)9(3)4;1-8(2)10-5-6-11(9(3)4)12-7-10;1-8(2)10-6-5-7-11(12-10)9(3)4/h5-10H,1-4H3;3*5-9H,1-4H3. The summed E-state index contributed by atoms with van der Waals surface area (Å²) in [4.78, 5) is 13.3. The van der Waals surface area contributed by atoms with Crippen LogP contribution < -0.4 is 0 Å². The SMILES string of the molecule is CC(C)c1ccc(C(C)C)nc1.CC(C)c1cccc(C(C)C)c1.CC(C)c1cccc(C(C)C)n1.CC(C)c1ccnc(C(C)C)c1. The van der Waals surface area contributed by atoms with Crippen molar-refractivity contribution in [1.82, 2.24) is 15.0 Å². The lowest BCUT2D eigenvalue weighted by molar-refractivity contribution is 0.765. The summed E-state index contributed by atoms with van der Waals surface area (Å²) in [7, 11) is 0. The highest BCUT2D eigenvalue weighted by molar-refractivity contribution is 5.27. The minimum Gasteiger partial charge on any atom is -0.261 e. The summed E-state index contributed by atoms with van der Waals surface area (Å²) in [5.41, 5.74) is 10.4. The number of benzene rings is 1. The molecule has 0 saturated heterocycles. The van der Waals surface area contributed by atoms with Crippen molar-refractivity contribution in [3.8, 4) is 0 Å². The van der Waals surface area contributed by atoms with E-state index in [1.165, 1.54) is 45.0 Å². The molecule has 0 spiro atoms. The zero-order chi connectivity index (χ0) is 36.6. The Kier molecular flexibility index (Phi) is 19.2. The molecule has 3 heterocycles. The first-order valence-corrected chi connectivity index (χ1v) is 18.4. The molecule has 0 aliphatic rings. The van der Waals surface area contributed by atoms with E-state index in [9.17, 15) is 0 Å². The Hall–Kier alpha value is -3.33. The number of hydrogen-bond acceptors (Lipinski definition) is 3. The van der Waals surface area contributed by atoms with Crippen LogP contribution in [0.5, 0.6) is 0 Å². The van der Waals surface area contributed by atoms with Crippen molar-refractivity contribution in [3.63, 3.8) is 0 Å². The first-order chi connectivity index (χ1) is 22.4. The molecule has 0 radical (unpaired) electrons. The molecule has 0 bridgehead atoms. The maximum Gasteiger partial charge on any atom is 0.0432 e. The lowest BCUT2D eigenvalue weighted by atomic mass is 9.96. The molecule has 0 N–H and O–H groups in total. The molecule has 0 fully saturated rings. The van der Waals surface area contributed by atoms with E-state index in [-0.39, 0.29) is 0 Å². The van der Waals surface area contributed by atoms with Crippen LogP contribution in [0.15, 0.2) is 79.1 Å². The van der Waals surface area contributed by atoms with Gasteiger partial charge < -0.3 is 0 Å². The molecule has 3 heteroatoms. The van der Waals surface area contributed by atoms with Gasteiger partial charge in [0.1, 0.15) is 0 Å². The predicted molar refractivity (Wildman–Crippen MR) is 212 cm³/mol. The van der Waals surface area contributed by atoms with Crippen molar-refractivity contribution < 1.29 is 0 Å². The van der Waals surface area contributed by atoms with Crippen molar-refractivity contribution in [2.24, 2.45) is 0 Å². The van der Waals surface area contributed by atoms with Gasteiger partial charge in [-0.15, -0.1) is 0 Å². The monoisotopic (exact) mass is 652 g/mol. The van der Waals surface area contributed by atoms with Crippen LogP contribution in [0.1, 0.15) is 203 Å². The van der Waals surface area contributed by atoms with Gasteiger partial charge in [-0.2, -0.15) is 0 Å². The molecular weight excluding hydrogens is 583 g/mol. The predicted octanol–water partition coefficient (Wildman–Crippen LogP) is 13.9. The molecule has 0 atom stereocenters. The molecule has 3 nitrogen and oxygen atoms in total. The van der Waals surface area contributed by atoms with Crippen molar-refractivity contribution >= 4 is 0 Å². The Morgan fingerprint density at radius 2 is 0.750 bits per heavy atom. The summed E-state index contributed by atoms with van der Waals surface area (Å²) in [5.74, 6) is 4.60. The van der Waals surface area contributed by atoms with Crippen LogP contribution in [0.3, 0.4) is 0 Å². The third kappa shape index (κ3) is 15.7. The topological polar surface area (TPSA) is 38.7 Å². The highest BCUT2D eigenvalue weighted by Crippen LogP contribution is 2.21. The summed E-state index contributed by atoms with van der Waals surface area (Å²) >= 11 is 0. The van der Waals surface area contributed by atoms with Gasteiger partial charge in [-0.25, -0.2) is 0 Å². The quantitative estimate of drug-likeness (QED) is 0.190. The molecule has 0 saturated carbocycles. The van der Waals surface area contributed by atoms with Crippen molar-refractivity contribution in [3.05, 3.63) is 124 Å². The second-order valence-electron chi connectivity index (χ2n) is 15.4. The Morgan fingerprint density at radius 3 is 1.12 bits per heavy atom. The van der Waals surface area contributed by atoms with E-state index in [4.69, 9.17) is 0 Å². The normalized spacial score (nSPS) is 11.2. The lowest BCUT2D eigenvalue weighted by Gasteiger charge is -2.09. The second-order valence-corrected chi connectivity index (χ2v) is 15.4. The zero-order valence-electron chi connectivity index (χ0n) is 33.5. The fourth-order valence-corrected chi connectivity index (χ4v) is 4.63. The van der Waals surface area contributed by atoms with Gasteiger partial charge in [0.05, 0.1) is 0 Å². The van der Waals surface area contributed by atoms with Gasteiger partial charge in [-0.05, 0) is 99.9 Å². The van der Waals surface area contributed by atoms with E-state index in [2.05, 4.69) is 192 Å². The Balaban J connectivity index is 0.000000320. The van der Waals surface area contributed by atoms with E-state index in [1.807, 2.05) is 12.4 Å². The third-order valence-corrected chi connectivity index (χ3v) is 8.35. The zero-order valence-corrected chi connectivity index (χ0v) is 33.5. The molecule has 1 aromatic carbocycles. The highest BCUT2D eigenvalue weighted by Gasteiger charge is 2.06. The van der Waals surface area contributed by atoms with E-state index in [1.54, 1.807) is 0 Å². The first kappa shape index (κ1) is 42.7. The van der Waals surface area contributed by atoms with Crippen molar-refractivity contribution in [2.75, 3.05) is 0 Å². The summed E-state index contributed by atoms with van der Waals surface area (Å²) < 4.78 is 0. The molecule has 0 amide bonds. The van der Waals surface area contributed by atoms with Gasteiger partial charge in [0, 0.05) is 35.2 Å². The Morgan fingerprint density at radius 1 is 0.333 bits per heavy atom. The second kappa shape index (κ2) is 21.6. The minimum atomic E-state index is 0.531. The summed E-state index contributed by atoms with van der Waals surface area (Å²) in [6.45, 7) is 35.1. The lowest BCUT2D eigenvalue weighted by Crippen LogP contribution is -1.98. The van der Waals surface area contributed by atoms with Crippen molar-refractivity contribution in [2.45, 2.75) is 158 Å². The van der Waals surface area contributed by atoms with Crippen LogP contribution in [0, 0.1) is 0 Å². The molecule has 4 aromatic rings. The number of aromatic nitrogens is 3. The summed E-state index contributed by atoms with van der Waals surface area (Å²) in [5, 5.41) is 0. The fourth-order valence-electron chi connectivity index (χ4n) is 4.63. The van der Waals surface area contributed by atoms with Crippen LogP contribution in [0.2, 0.25) is 0 Å². The number of nitrogens with zero attached hydrogens (tertiary/aromatic N) is 3. The van der Waals surface area contributed by atoms with Crippen molar-refractivity contribution in [1.29, 1.82) is 0 Å². The molecule has 0 aliphatic heterocycles. The number of hydrogen-bond donors (Lipinski definition) is 0. The summed E-state index contributed by atoms with van der Waals surface area (Å²) in [6, 6.07) is 23.8. The largest absolute Gasteiger partial charge is 0.261 e. The Labute approximate surface area is 296 Å². The summed E-state index contributed by atoms with van der Waals surface area (Å²) in [6.07, 6.45) is 3.89. The molecule has 0 unspecified atom stereocenters. The molecule has 264 valence electrons. The van der Waals surface area contributed by atoms with Crippen LogP contribution in [-0.4, -0.2) is 15.0 Å². The Bertz CT molecular complexity index is 1200. The van der Waals surface area contributed by atoms with Gasteiger partial charge in [-0.3, -0.25) is 15.0 Å². The molecule has 0 aliphatic carbocycles. The average Bonchev–Trinajstić information content (AvgIpc) is 3.05. The molecule has 3 aromatic heterocycles. The highest BCUT2D eigenvalue weighted by atomic mass is 14.7. The smallest absolute Gasteiger partial charge is 0.0432 e. The van der Waals surface area contributed by atoms with E-state index >= 15 is 0 Å². The maximum absolute atomic E-state index is 4.57. The van der Waals surface area contributed by atoms with Gasteiger partial charge in [0.25, 0.3) is 0 Å². The van der Waals surface area contributed by atoms with E-state index in [0.717, 1.165) is 0 Å². The van der Waals surface area contributed by atoms with Crippen LogP contribution in [-0.2, 0) is 0 Å². The minimum absolute atomic E-state index is 0.531.